The van der Waals surface area contributed by atoms with Crippen molar-refractivity contribution < 1.29 is 47.4 Å². The van der Waals surface area contributed by atoms with Gasteiger partial charge in [-0.25, -0.2) is 4.57 Å². The second-order valence-corrected chi connectivity index (χ2v) is 7.71. The summed E-state index contributed by atoms with van der Waals surface area (Å²) < 4.78 is 38.3. The van der Waals surface area contributed by atoms with Crippen molar-refractivity contribution in [2.45, 2.75) is 50.5 Å². The van der Waals surface area contributed by atoms with Crippen LogP contribution in [-0.4, -0.2) is 87.5 Å². The fourth-order valence-corrected chi connectivity index (χ4v) is 3.36. The minimum absolute atomic E-state index is 0.0677. The van der Waals surface area contributed by atoms with Gasteiger partial charge in [0.1, 0.15) is 26.2 Å². The molecule has 0 aromatic rings. The van der Waals surface area contributed by atoms with E-state index in [1.807, 2.05) is 6.92 Å². The van der Waals surface area contributed by atoms with Crippen molar-refractivity contribution in [3.63, 3.8) is 0 Å². The number of carbonyl (C=O) groups is 2. The molecule has 1 amide bonds. The maximum Gasteiger partial charge on any atom is 0.472 e. The minimum atomic E-state index is -4.26. The molecule has 162 valence electrons. The van der Waals surface area contributed by atoms with E-state index in [1.54, 1.807) is 7.85 Å². The Morgan fingerprint density at radius 1 is 1.29 bits per heavy atom. The number of nitrogens with one attached hydrogen (secondary N) is 1. The van der Waals surface area contributed by atoms with Crippen molar-refractivity contribution in [1.29, 1.82) is 0 Å². The van der Waals surface area contributed by atoms with Gasteiger partial charge in [0, 0.05) is 33.1 Å². The van der Waals surface area contributed by atoms with E-state index < -0.39 is 38.1 Å². The van der Waals surface area contributed by atoms with Crippen LogP contribution >= 0.6 is 7.82 Å². The smallest absolute Gasteiger partial charge is 0.472 e. The fourth-order valence-electron chi connectivity index (χ4n) is 2.71. The summed E-state index contributed by atoms with van der Waals surface area (Å²) in [6, 6.07) is -0.432. The van der Waals surface area contributed by atoms with Gasteiger partial charge in [0.05, 0.1) is 19.2 Å². The molecule has 1 rings (SSSR count). The Labute approximate surface area is 165 Å². The number of aliphatic carboxylic acids is 1. The molecule has 0 radical (unpaired) electrons. The van der Waals surface area contributed by atoms with Crippen LogP contribution in [-0.2, 0) is 37.4 Å². The summed E-state index contributed by atoms with van der Waals surface area (Å²) in [4.78, 5) is 31.7. The SMILES string of the molecule is B[C@@H]1O[C@H](COCC)C(OP(=O)(O)OC)[C@@H]1OCCNC(=O)CCCC(=O)O. The number of hydrogen-bond acceptors (Lipinski definition) is 8. The van der Waals surface area contributed by atoms with E-state index in [9.17, 15) is 19.0 Å². The third-order valence-corrected chi connectivity index (χ3v) is 5.01. The molecule has 1 aliphatic rings. The molecule has 0 aromatic heterocycles. The van der Waals surface area contributed by atoms with Crippen LogP contribution in [0.4, 0.5) is 0 Å². The van der Waals surface area contributed by atoms with Crippen LogP contribution < -0.4 is 5.32 Å². The summed E-state index contributed by atoms with van der Waals surface area (Å²) in [6.07, 6.45) is -1.86. The lowest BCUT2D eigenvalue weighted by atomic mass is 9.93. The lowest BCUT2D eigenvalue weighted by Gasteiger charge is -2.25. The molecule has 0 saturated carbocycles. The lowest BCUT2D eigenvalue weighted by molar-refractivity contribution is -0.137. The molecule has 2 unspecified atom stereocenters. The first-order valence-corrected chi connectivity index (χ1v) is 10.6. The second kappa shape index (κ2) is 12.5. The van der Waals surface area contributed by atoms with Crippen molar-refractivity contribution >= 4 is 27.5 Å². The molecule has 1 heterocycles. The first-order chi connectivity index (χ1) is 13.2. The van der Waals surface area contributed by atoms with Crippen molar-refractivity contribution in [1.82, 2.24) is 5.32 Å². The Balaban J connectivity index is 2.51. The van der Waals surface area contributed by atoms with E-state index in [1.165, 1.54) is 0 Å². The van der Waals surface area contributed by atoms with Gasteiger partial charge in [0.15, 0.2) is 0 Å². The molecule has 0 spiro atoms. The van der Waals surface area contributed by atoms with E-state index in [-0.39, 0.29) is 44.9 Å². The summed E-state index contributed by atoms with van der Waals surface area (Å²) in [5, 5.41) is 11.2. The standard InChI is InChI=1S/C15H29BNO10P/c1-3-24-9-10-13(27-28(21,22)23-2)14(15(16)26-10)25-8-7-17-11(18)5-4-6-12(19)20/h10,13-15H,3-9,16H2,1-2H3,(H,17,18)(H,19,20)(H,21,22)/t10-,13?,14+,15-/m1/s1. The van der Waals surface area contributed by atoms with Gasteiger partial charge in [-0.3, -0.25) is 18.6 Å². The van der Waals surface area contributed by atoms with Crippen LogP contribution in [0.2, 0.25) is 0 Å². The molecule has 0 aromatic carbocycles. The molecular weight excluding hydrogens is 396 g/mol. The number of carbonyl (C=O) groups excluding carboxylic acids is 1. The zero-order valence-electron chi connectivity index (χ0n) is 16.4. The number of phosphoric acid groups is 1. The van der Waals surface area contributed by atoms with Gasteiger partial charge in [-0.1, -0.05) is 0 Å². The van der Waals surface area contributed by atoms with Gasteiger partial charge >= 0.3 is 13.8 Å². The van der Waals surface area contributed by atoms with Crippen LogP contribution in [0.1, 0.15) is 26.2 Å². The molecule has 0 aliphatic carbocycles. The van der Waals surface area contributed by atoms with Crippen LogP contribution in [0.15, 0.2) is 0 Å². The van der Waals surface area contributed by atoms with Crippen molar-refractivity contribution in [2.75, 3.05) is 33.5 Å². The van der Waals surface area contributed by atoms with Gasteiger partial charge in [-0.15, -0.1) is 0 Å². The quantitative estimate of drug-likeness (QED) is 0.185. The number of ether oxygens (including phenoxy) is 3. The van der Waals surface area contributed by atoms with E-state index in [0.29, 0.717) is 6.61 Å². The Bertz CT molecular complexity index is 551. The molecular formula is C15H29BNO10P. The first kappa shape index (κ1) is 25.0. The maximum atomic E-state index is 11.8. The fraction of sp³-hybridized carbons (Fsp3) is 0.867. The highest BCUT2D eigenvalue weighted by atomic mass is 31.2. The molecule has 13 heteroatoms. The Kier molecular flexibility index (Phi) is 11.2. The van der Waals surface area contributed by atoms with Crippen molar-refractivity contribution in [3.8, 4) is 0 Å². The van der Waals surface area contributed by atoms with Crippen LogP contribution in [0.3, 0.4) is 0 Å². The number of carboxylic acid groups (broad SMARTS) is 1. The topological polar surface area (TPSA) is 150 Å². The molecule has 1 aliphatic heterocycles. The Morgan fingerprint density at radius 3 is 2.61 bits per heavy atom. The summed E-state index contributed by atoms with van der Waals surface area (Å²) in [7, 11) is -1.46. The van der Waals surface area contributed by atoms with E-state index in [2.05, 4.69) is 9.84 Å². The highest BCUT2D eigenvalue weighted by Crippen LogP contribution is 2.46. The summed E-state index contributed by atoms with van der Waals surface area (Å²) in [5.41, 5.74) is 0. The average molecular weight is 425 g/mol. The Hall–Kier alpha value is -1.01. The highest BCUT2D eigenvalue weighted by molar-refractivity contribution is 7.47. The van der Waals surface area contributed by atoms with E-state index >= 15 is 0 Å². The van der Waals surface area contributed by atoms with Gasteiger partial charge in [0.2, 0.25) is 5.91 Å². The second-order valence-electron chi connectivity index (χ2n) is 6.19. The largest absolute Gasteiger partial charge is 0.481 e. The number of rotatable bonds is 14. The molecule has 11 nitrogen and oxygen atoms in total. The predicted octanol–water partition coefficient (Wildman–Crippen LogP) is -0.731. The lowest BCUT2D eigenvalue weighted by Crippen LogP contribution is -2.40. The van der Waals surface area contributed by atoms with Crippen molar-refractivity contribution in [3.05, 3.63) is 0 Å². The van der Waals surface area contributed by atoms with E-state index in [0.717, 1.165) is 7.11 Å². The normalized spacial score (nSPS) is 26.7. The van der Waals surface area contributed by atoms with Crippen LogP contribution in [0.5, 0.6) is 0 Å². The molecule has 3 N–H and O–H groups in total. The molecule has 1 fully saturated rings. The van der Waals surface area contributed by atoms with Gasteiger partial charge in [0.25, 0.3) is 0 Å². The first-order valence-electron chi connectivity index (χ1n) is 9.10. The molecule has 1 saturated heterocycles. The third kappa shape index (κ3) is 9.00. The van der Waals surface area contributed by atoms with E-state index in [4.69, 9.17) is 23.8 Å². The number of hydrogen-bond donors (Lipinski definition) is 3. The highest BCUT2D eigenvalue weighted by Gasteiger charge is 2.47. The van der Waals surface area contributed by atoms with Crippen molar-refractivity contribution in [2.24, 2.45) is 0 Å². The number of carboxylic acids is 1. The third-order valence-electron chi connectivity index (χ3n) is 4.04. The summed E-state index contributed by atoms with van der Waals surface area (Å²) in [5.74, 6) is -1.22. The van der Waals surface area contributed by atoms with Crippen LogP contribution in [0.25, 0.3) is 0 Å². The zero-order valence-corrected chi connectivity index (χ0v) is 17.3. The van der Waals surface area contributed by atoms with Gasteiger partial charge < -0.3 is 29.5 Å². The van der Waals surface area contributed by atoms with Gasteiger partial charge in [-0.2, -0.15) is 0 Å². The summed E-state index contributed by atoms with van der Waals surface area (Å²) >= 11 is 0. The monoisotopic (exact) mass is 425 g/mol. The minimum Gasteiger partial charge on any atom is -0.481 e. The van der Waals surface area contributed by atoms with Crippen LogP contribution in [0, 0.1) is 0 Å². The van der Waals surface area contributed by atoms with Gasteiger partial charge in [-0.05, 0) is 13.3 Å². The number of amides is 1. The molecule has 28 heavy (non-hydrogen) atoms. The summed E-state index contributed by atoms with van der Waals surface area (Å²) in [6.45, 7) is 2.73. The predicted molar refractivity (Wildman–Crippen MR) is 99.6 cm³/mol. The molecule has 0 bridgehead atoms. The molecule has 5 atom stereocenters. The number of phosphoric ester groups is 1. The Morgan fingerprint density at radius 2 is 2.00 bits per heavy atom. The average Bonchev–Trinajstić information content (AvgIpc) is 2.91. The zero-order chi connectivity index (χ0) is 21.2. The maximum absolute atomic E-state index is 11.8.